The van der Waals surface area contributed by atoms with Crippen molar-refractivity contribution in [3.63, 3.8) is 0 Å². The number of benzene rings is 1. The molecule has 0 atom stereocenters. The molecule has 0 radical (unpaired) electrons. The molecule has 0 saturated carbocycles. The lowest BCUT2D eigenvalue weighted by Gasteiger charge is -2.22. The van der Waals surface area contributed by atoms with Gasteiger partial charge in [-0.2, -0.15) is 0 Å². The summed E-state index contributed by atoms with van der Waals surface area (Å²) in [6.07, 6.45) is 9.23. The van der Waals surface area contributed by atoms with E-state index >= 15 is 0 Å². The molecule has 0 fully saturated rings. The molecule has 0 spiro atoms. The van der Waals surface area contributed by atoms with Gasteiger partial charge in [0, 0.05) is 13.2 Å². The maximum absolute atomic E-state index is 5.88. The van der Waals surface area contributed by atoms with E-state index in [1.54, 1.807) is 0 Å². The summed E-state index contributed by atoms with van der Waals surface area (Å²) in [6, 6.07) is 9.85. The zero-order chi connectivity index (χ0) is 13.5. The van der Waals surface area contributed by atoms with E-state index in [9.17, 15) is 0 Å². The Balaban J connectivity index is 2.06. The van der Waals surface area contributed by atoms with Crippen LogP contribution in [0.4, 0.5) is 0 Å². The molecule has 100 valence electrons. The molecule has 0 aliphatic carbocycles. The normalized spacial score (nSPS) is 15.4. The Kier molecular flexibility index (Phi) is 4.81. The molecule has 0 saturated heterocycles. The first kappa shape index (κ1) is 13.4. The predicted molar refractivity (Wildman–Crippen MR) is 78.7 cm³/mol. The van der Waals surface area contributed by atoms with Crippen molar-refractivity contribution >= 4 is 0 Å². The molecule has 0 bridgehead atoms. The maximum atomic E-state index is 5.88. The van der Waals surface area contributed by atoms with Crippen molar-refractivity contribution in [2.24, 2.45) is 5.73 Å². The van der Waals surface area contributed by atoms with Gasteiger partial charge in [-0.25, -0.2) is 0 Å². The second-order valence-electron chi connectivity index (χ2n) is 4.55. The largest absolute Gasteiger partial charge is 0.460 e. The van der Waals surface area contributed by atoms with Crippen LogP contribution >= 0.6 is 0 Å². The van der Waals surface area contributed by atoms with E-state index in [4.69, 9.17) is 10.5 Å². The Morgan fingerprint density at radius 2 is 2.11 bits per heavy atom. The second kappa shape index (κ2) is 6.81. The van der Waals surface area contributed by atoms with Crippen LogP contribution in [0.3, 0.4) is 0 Å². The smallest absolute Gasteiger partial charge is 0.127 e. The van der Waals surface area contributed by atoms with Crippen molar-refractivity contribution in [3.8, 4) is 5.75 Å². The Labute approximate surface area is 114 Å². The molecule has 19 heavy (non-hydrogen) atoms. The van der Waals surface area contributed by atoms with E-state index in [1.807, 2.05) is 37.4 Å². The number of hydrogen-bond acceptors (Lipinski definition) is 3. The summed E-state index contributed by atoms with van der Waals surface area (Å²) in [4.78, 5) is 2.11. The Hall–Kier alpha value is -2.00. The zero-order valence-corrected chi connectivity index (χ0v) is 11.3. The first-order valence-electron chi connectivity index (χ1n) is 6.50. The SMILES string of the molecule is CN1C=C(/C=C/CCN)C=C(Oc2ccccc2)C1. The van der Waals surface area contributed by atoms with Crippen LogP contribution in [0.2, 0.25) is 0 Å². The number of allylic oxidation sites excluding steroid dienone is 3. The molecule has 1 aromatic carbocycles. The highest BCUT2D eigenvalue weighted by Crippen LogP contribution is 2.18. The average molecular weight is 256 g/mol. The maximum Gasteiger partial charge on any atom is 0.127 e. The number of nitrogens with two attached hydrogens (primary N) is 1. The standard InChI is InChI=1S/C16H20N2O/c1-18-12-14(7-5-6-10-17)11-16(13-18)19-15-8-3-2-4-9-15/h2-5,7-9,11-12H,6,10,13,17H2,1H3/b7-5+. The zero-order valence-electron chi connectivity index (χ0n) is 11.3. The minimum absolute atomic E-state index is 0.677. The molecule has 1 heterocycles. The first-order chi connectivity index (χ1) is 9.28. The minimum Gasteiger partial charge on any atom is -0.460 e. The van der Waals surface area contributed by atoms with Crippen LogP contribution < -0.4 is 10.5 Å². The third-order valence-electron chi connectivity index (χ3n) is 2.74. The van der Waals surface area contributed by atoms with E-state index in [-0.39, 0.29) is 0 Å². The van der Waals surface area contributed by atoms with Crippen LogP contribution in [-0.2, 0) is 0 Å². The lowest BCUT2D eigenvalue weighted by atomic mass is 10.1. The van der Waals surface area contributed by atoms with E-state index in [1.165, 1.54) is 0 Å². The first-order valence-corrected chi connectivity index (χ1v) is 6.50. The van der Waals surface area contributed by atoms with Gasteiger partial charge in [0.15, 0.2) is 0 Å². The summed E-state index contributed by atoms with van der Waals surface area (Å²) >= 11 is 0. The predicted octanol–water partition coefficient (Wildman–Crippen LogP) is 2.68. The van der Waals surface area contributed by atoms with E-state index in [2.05, 4.69) is 29.3 Å². The minimum atomic E-state index is 0.677. The van der Waals surface area contributed by atoms with E-state index in [0.29, 0.717) is 6.54 Å². The molecule has 0 unspecified atom stereocenters. The van der Waals surface area contributed by atoms with Crippen molar-refractivity contribution in [2.45, 2.75) is 6.42 Å². The van der Waals surface area contributed by atoms with Gasteiger partial charge in [0.2, 0.25) is 0 Å². The van der Waals surface area contributed by atoms with Crippen LogP contribution in [0.15, 0.2) is 66.1 Å². The lowest BCUT2D eigenvalue weighted by molar-refractivity contribution is 0.348. The van der Waals surface area contributed by atoms with Gasteiger partial charge in [0.1, 0.15) is 11.5 Å². The summed E-state index contributed by atoms with van der Waals surface area (Å²) in [6.45, 7) is 1.46. The lowest BCUT2D eigenvalue weighted by Crippen LogP contribution is -2.21. The monoisotopic (exact) mass is 256 g/mol. The van der Waals surface area contributed by atoms with Gasteiger partial charge in [0.25, 0.3) is 0 Å². The van der Waals surface area contributed by atoms with E-state index < -0.39 is 0 Å². The van der Waals surface area contributed by atoms with Crippen LogP contribution in [-0.4, -0.2) is 25.0 Å². The van der Waals surface area contributed by atoms with Crippen molar-refractivity contribution in [1.29, 1.82) is 0 Å². The Bertz CT molecular complexity index is 489. The third kappa shape index (κ3) is 4.30. The Morgan fingerprint density at radius 1 is 1.32 bits per heavy atom. The summed E-state index contributed by atoms with van der Waals surface area (Å²) in [5, 5.41) is 0. The van der Waals surface area contributed by atoms with Gasteiger partial charge in [-0.3, -0.25) is 0 Å². The number of rotatable bonds is 5. The molecular weight excluding hydrogens is 236 g/mol. The van der Waals surface area contributed by atoms with Gasteiger partial charge >= 0.3 is 0 Å². The quantitative estimate of drug-likeness (QED) is 0.880. The fourth-order valence-electron chi connectivity index (χ4n) is 1.92. The van der Waals surface area contributed by atoms with Gasteiger partial charge in [0.05, 0.1) is 6.54 Å². The van der Waals surface area contributed by atoms with Crippen molar-refractivity contribution in [1.82, 2.24) is 4.90 Å². The number of hydrogen-bond donors (Lipinski definition) is 1. The summed E-state index contributed by atoms with van der Waals surface area (Å²) in [5.41, 5.74) is 6.61. The molecule has 0 aromatic heterocycles. The van der Waals surface area contributed by atoms with Gasteiger partial charge in [-0.1, -0.05) is 30.4 Å². The van der Waals surface area contributed by atoms with E-state index in [0.717, 1.165) is 30.0 Å². The van der Waals surface area contributed by atoms with Gasteiger partial charge in [-0.05, 0) is 36.7 Å². The topological polar surface area (TPSA) is 38.5 Å². The molecule has 1 aliphatic rings. The van der Waals surface area contributed by atoms with Crippen molar-refractivity contribution < 1.29 is 4.74 Å². The fourth-order valence-corrected chi connectivity index (χ4v) is 1.92. The number of para-hydroxylation sites is 1. The van der Waals surface area contributed by atoms with Crippen LogP contribution in [0, 0.1) is 0 Å². The highest BCUT2D eigenvalue weighted by Gasteiger charge is 2.09. The average Bonchev–Trinajstić information content (AvgIpc) is 2.39. The number of nitrogens with zero attached hydrogens (tertiary/aromatic N) is 1. The van der Waals surface area contributed by atoms with Crippen molar-refractivity contribution in [2.75, 3.05) is 20.1 Å². The molecule has 0 amide bonds. The summed E-state index contributed by atoms with van der Waals surface area (Å²) in [5.74, 6) is 1.82. The third-order valence-corrected chi connectivity index (χ3v) is 2.74. The Morgan fingerprint density at radius 3 is 2.84 bits per heavy atom. The second-order valence-corrected chi connectivity index (χ2v) is 4.55. The molecule has 3 heteroatoms. The molecule has 2 rings (SSSR count). The van der Waals surface area contributed by atoms with Crippen LogP contribution in [0.1, 0.15) is 6.42 Å². The summed E-state index contributed by atoms with van der Waals surface area (Å²) < 4.78 is 5.88. The molecular formula is C16H20N2O. The fraction of sp³-hybridized carbons (Fsp3) is 0.250. The van der Waals surface area contributed by atoms with Crippen LogP contribution in [0.25, 0.3) is 0 Å². The number of likely N-dealkylation sites (N-methyl/N-ethyl adjacent to an activating group) is 1. The van der Waals surface area contributed by atoms with Gasteiger partial charge < -0.3 is 15.4 Å². The highest BCUT2D eigenvalue weighted by molar-refractivity contribution is 5.36. The molecule has 2 N–H and O–H groups in total. The number of ether oxygens (including phenoxy) is 1. The molecule has 3 nitrogen and oxygen atoms in total. The van der Waals surface area contributed by atoms with Gasteiger partial charge in [-0.15, -0.1) is 0 Å². The molecule has 1 aliphatic heterocycles. The molecule has 1 aromatic rings. The highest BCUT2D eigenvalue weighted by atomic mass is 16.5. The van der Waals surface area contributed by atoms with Crippen molar-refractivity contribution in [3.05, 3.63) is 66.1 Å². The summed E-state index contributed by atoms with van der Waals surface area (Å²) in [7, 11) is 2.04. The van der Waals surface area contributed by atoms with Crippen LogP contribution in [0.5, 0.6) is 5.75 Å².